The van der Waals surface area contributed by atoms with Gasteiger partial charge in [-0.15, -0.1) is 0 Å². The van der Waals surface area contributed by atoms with Gasteiger partial charge in [0.2, 0.25) is 5.95 Å². The summed E-state index contributed by atoms with van der Waals surface area (Å²) in [6, 6.07) is 0.380. The van der Waals surface area contributed by atoms with E-state index in [2.05, 4.69) is 34.8 Å². The lowest BCUT2D eigenvalue weighted by Crippen LogP contribution is -2.15. The monoisotopic (exact) mass is 267 g/mol. The van der Waals surface area contributed by atoms with E-state index in [1.165, 1.54) is 0 Å². The molecule has 0 radical (unpaired) electrons. The number of rotatable bonds is 5. The minimum absolute atomic E-state index is 0.380. The fourth-order valence-electron chi connectivity index (χ4n) is 2.39. The second-order valence-electron chi connectivity index (χ2n) is 4.45. The minimum Gasteiger partial charge on any atom is -0.369 e. The first-order chi connectivity index (χ1) is 8.63. The Morgan fingerprint density at radius 3 is 2.67 bits per heavy atom. The summed E-state index contributed by atoms with van der Waals surface area (Å²) in [4.78, 5) is 4.50. The van der Waals surface area contributed by atoms with Gasteiger partial charge in [-0.05, 0) is 19.1 Å². The molecule has 0 aliphatic heterocycles. The van der Waals surface area contributed by atoms with Gasteiger partial charge >= 0.3 is 0 Å². The Hall–Kier alpha value is -1.17. The van der Waals surface area contributed by atoms with Crippen molar-refractivity contribution in [3.05, 3.63) is 5.69 Å². The van der Waals surface area contributed by atoms with Gasteiger partial charge in [-0.1, -0.05) is 13.8 Å². The number of aromatic nitrogens is 4. The van der Waals surface area contributed by atoms with Gasteiger partial charge in [0, 0.05) is 18.8 Å². The highest BCUT2D eigenvalue weighted by molar-refractivity contribution is 7.98. The summed E-state index contributed by atoms with van der Waals surface area (Å²) in [5, 5.41) is 4.52. The Labute approximate surface area is 112 Å². The summed E-state index contributed by atoms with van der Waals surface area (Å²) in [6.45, 7) is 4.28. The average molecular weight is 267 g/mol. The van der Waals surface area contributed by atoms with E-state index < -0.39 is 0 Å². The molecule has 2 rings (SSSR count). The van der Waals surface area contributed by atoms with Gasteiger partial charge in [-0.25, -0.2) is 4.98 Å². The first-order valence-electron chi connectivity index (χ1n) is 6.32. The number of anilines is 1. The lowest BCUT2D eigenvalue weighted by atomic mass is 10.2. The normalized spacial score (nSPS) is 13.3. The van der Waals surface area contributed by atoms with Crippen molar-refractivity contribution in [2.45, 2.75) is 32.7 Å². The van der Waals surface area contributed by atoms with Crippen molar-refractivity contribution in [1.29, 1.82) is 0 Å². The summed E-state index contributed by atoms with van der Waals surface area (Å²) in [7, 11) is 1.96. The summed E-state index contributed by atoms with van der Waals surface area (Å²) in [5.74, 6) is 1.65. The summed E-state index contributed by atoms with van der Waals surface area (Å²) >= 11 is 1.83. The molecule has 1 unspecified atom stereocenters. The molecule has 0 spiro atoms. The third-order valence-electron chi connectivity index (χ3n) is 3.29. The predicted molar refractivity (Wildman–Crippen MR) is 78.0 cm³/mol. The van der Waals surface area contributed by atoms with Crippen LogP contribution in [0.5, 0.6) is 0 Å². The van der Waals surface area contributed by atoms with Crippen LogP contribution in [-0.2, 0) is 13.5 Å². The predicted octanol–water partition coefficient (Wildman–Crippen LogP) is 2.23. The van der Waals surface area contributed by atoms with Crippen LogP contribution in [0, 0.1) is 0 Å². The van der Waals surface area contributed by atoms with Crippen LogP contribution in [0.2, 0.25) is 0 Å². The van der Waals surface area contributed by atoms with Crippen LogP contribution in [-0.4, -0.2) is 31.3 Å². The van der Waals surface area contributed by atoms with Gasteiger partial charge in [0.05, 0.1) is 5.69 Å². The van der Waals surface area contributed by atoms with Crippen molar-refractivity contribution in [3.63, 3.8) is 0 Å². The smallest absolute Gasteiger partial charge is 0.202 e. The van der Waals surface area contributed by atoms with Crippen molar-refractivity contribution in [2.24, 2.45) is 7.05 Å². The van der Waals surface area contributed by atoms with Gasteiger partial charge in [0.15, 0.2) is 5.65 Å². The highest BCUT2D eigenvalue weighted by atomic mass is 32.2. The van der Waals surface area contributed by atoms with E-state index in [1.54, 1.807) is 0 Å². The maximum atomic E-state index is 6.10. The SMILES string of the molecule is CCc1nn(C)c2c1nc(N)n2C(CC)CSC. The number of nitrogens with two attached hydrogens (primary N) is 1. The van der Waals surface area contributed by atoms with Crippen LogP contribution < -0.4 is 5.73 Å². The Balaban J connectivity index is 2.62. The molecular weight excluding hydrogens is 246 g/mol. The lowest BCUT2D eigenvalue weighted by Gasteiger charge is -2.17. The third-order valence-corrected chi connectivity index (χ3v) is 4.01. The third kappa shape index (κ3) is 1.98. The molecule has 6 heteroatoms. The zero-order valence-corrected chi connectivity index (χ0v) is 12.3. The van der Waals surface area contributed by atoms with Crippen LogP contribution >= 0.6 is 11.8 Å². The van der Waals surface area contributed by atoms with E-state index in [0.29, 0.717) is 12.0 Å². The van der Waals surface area contributed by atoms with E-state index in [1.807, 2.05) is 23.5 Å². The van der Waals surface area contributed by atoms with Crippen molar-refractivity contribution in [3.8, 4) is 0 Å². The average Bonchev–Trinajstić information content (AvgIpc) is 2.84. The number of aryl methyl sites for hydroxylation is 2. The van der Waals surface area contributed by atoms with E-state index >= 15 is 0 Å². The second-order valence-corrected chi connectivity index (χ2v) is 5.36. The molecule has 0 saturated carbocycles. The maximum absolute atomic E-state index is 6.10. The molecule has 2 aromatic heterocycles. The zero-order chi connectivity index (χ0) is 13.3. The summed E-state index contributed by atoms with van der Waals surface area (Å²) < 4.78 is 4.04. The second kappa shape index (κ2) is 5.22. The molecule has 2 heterocycles. The van der Waals surface area contributed by atoms with Crippen LogP contribution in [0.15, 0.2) is 0 Å². The molecule has 100 valence electrons. The number of hydrogen-bond acceptors (Lipinski definition) is 4. The van der Waals surface area contributed by atoms with Gasteiger partial charge < -0.3 is 5.73 Å². The lowest BCUT2D eigenvalue weighted by molar-refractivity contribution is 0.547. The van der Waals surface area contributed by atoms with Crippen LogP contribution in [0.25, 0.3) is 11.2 Å². The molecule has 0 aromatic carbocycles. The van der Waals surface area contributed by atoms with Gasteiger partial charge in [0.1, 0.15) is 5.52 Å². The number of fused-ring (bicyclic) bond motifs is 1. The van der Waals surface area contributed by atoms with E-state index in [0.717, 1.165) is 35.5 Å². The van der Waals surface area contributed by atoms with Crippen molar-refractivity contribution in [1.82, 2.24) is 19.3 Å². The largest absolute Gasteiger partial charge is 0.369 e. The number of hydrogen-bond donors (Lipinski definition) is 1. The van der Waals surface area contributed by atoms with Crippen molar-refractivity contribution in [2.75, 3.05) is 17.7 Å². The molecule has 5 nitrogen and oxygen atoms in total. The minimum atomic E-state index is 0.380. The van der Waals surface area contributed by atoms with E-state index in [-0.39, 0.29) is 0 Å². The number of nitrogens with zero attached hydrogens (tertiary/aromatic N) is 4. The fraction of sp³-hybridized carbons (Fsp3) is 0.667. The van der Waals surface area contributed by atoms with Crippen molar-refractivity contribution < 1.29 is 0 Å². The van der Waals surface area contributed by atoms with Crippen LogP contribution in [0.3, 0.4) is 0 Å². The Morgan fingerprint density at radius 1 is 1.39 bits per heavy atom. The molecule has 0 aliphatic carbocycles. The van der Waals surface area contributed by atoms with Crippen LogP contribution in [0.4, 0.5) is 5.95 Å². The number of thioether (sulfide) groups is 1. The fourth-order valence-corrected chi connectivity index (χ4v) is 3.15. The molecular formula is C12H21N5S. The molecule has 0 amide bonds. The summed E-state index contributed by atoms with van der Waals surface area (Å²) in [6.07, 6.45) is 4.05. The topological polar surface area (TPSA) is 61.7 Å². The van der Waals surface area contributed by atoms with E-state index in [4.69, 9.17) is 5.73 Å². The zero-order valence-electron chi connectivity index (χ0n) is 11.5. The number of nitrogen functional groups attached to an aromatic ring is 1. The first-order valence-corrected chi connectivity index (χ1v) is 7.71. The number of imidazole rings is 1. The van der Waals surface area contributed by atoms with E-state index in [9.17, 15) is 0 Å². The van der Waals surface area contributed by atoms with Crippen molar-refractivity contribution >= 4 is 28.9 Å². The van der Waals surface area contributed by atoms with Gasteiger partial charge in [-0.3, -0.25) is 9.25 Å². The standard InChI is InChI=1S/C12H21N5S/c1-5-8(7-18-4)17-11-10(14-12(17)13)9(6-2)15-16(11)3/h8H,5-7H2,1-4H3,(H2,13,14). The highest BCUT2D eigenvalue weighted by Gasteiger charge is 2.21. The Morgan fingerprint density at radius 2 is 2.11 bits per heavy atom. The maximum Gasteiger partial charge on any atom is 0.202 e. The summed E-state index contributed by atoms with van der Waals surface area (Å²) in [5.41, 5.74) is 9.13. The molecule has 18 heavy (non-hydrogen) atoms. The van der Waals surface area contributed by atoms with Gasteiger partial charge in [0.25, 0.3) is 0 Å². The van der Waals surface area contributed by atoms with Crippen LogP contribution in [0.1, 0.15) is 32.0 Å². The molecule has 0 aliphatic rings. The van der Waals surface area contributed by atoms with Gasteiger partial charge in [-0.2, -0.15) is 16.9 Å². The first kappa shape index (κ1) is 13.3. The molecule has 1 atom stereocenters. The Kier molecular flexibility index (Phi) is 3.85. The highest BCUT2D eigenvalue weighted by Crippen LogP contribution is 2.28. The quantitative estimate of drug-likeness (QED) is 0.902. The molecule has 0 fully saturated rings. The Bertz CT molecular complexity index is 542. The molecule has 0 bridgehead atoms. The molecule has 2 aromatic rings. The molecule has 2 N–H and O–H groups in total. The molecule has 0 saturated heterocycles.